The van der Waals surface area contributed by atoms with Gasteiger partial charge in [0.15, 0.2) is 0 Å². The van der Waals surface area contributed by atoms with Crippen LogP contribution in [0.25, 0.3) is 5.57 Å². The van der Waals surface area contributed by atoms with Crippen LogP contribution >= 0.6 is 0 Å². The summed E-state index contributed by atoms with van der Waals surface area (Å²) in [5, 5.41) is 1.62. The van der Waals surface area contributed by atoms with Crippen LogP contribution in [-0.2, 0) is 0 Å². The average Bonchev–Trinajstić information content (AvgIpc) is 2.16. The van der Waals surface area contributed by atoms with Gasteiger partial charge >= 0.3 is 0 Å². The summed E-state index contributed by atoms with van der Waals surface area (Å²) in [6.45, 7) is 6.10. The second-order valence-electron chi connectivity index (χ2n) is 3.09. The maximum atomic E-state index is 5.70. The Labute approximate surface area is 79.6 Å². The highest BCUT2D eigenvalue weighted by atomic mass is 15.4. The number of nitrogens with zero attached hydrogens (tertiary/aromatic N) is 1. The minimum atomic E-state index is 0.949. The molecule has 13 heavy (non-hydrogen) atoms. The van der Waals surface area contributed by atoms with E-state index in [9.17, 15) is 0 Å². The lowest BCUT2D eigenvalue weighted by molar-refractivity contribution is 1.01. The van der Waals surface area contributed by atoms with E-state index in [2.05, 4.69) is 13.5 Å². The largest absolute Gasteiger partial charge is 0.314 e. The summed E-state index contributed by atoms with van der Waals surface area (Å²) in [6.07, 6.45) is 0.949. The fraction of sp³-hybridized carbons (Fsp3) is 0.273. The van der Waals surface area contributed by atoms with E-state index >= 15 is 0 Å². The van der Waals surface area contributed by atoms with Gasteiger partial charge in [-0.1, -0.05) is 31.7 Å². The van der Waals surface area contributed by atoms with E-state index < -0.39 is 0 Å². The van der Waals surface area contributed by atoms with Crippen LogP contribution in [0.15, 0.2) is 30.8 Å². The fourth-order valence-corrected chi connectivity index (χ4v) is 1.27. The second kappa shape index (κ2) is 4.10. The number of hydrogen-bond donors (Lipinski definition) is 1. The van der Waals surface area contributed by atoms with E-state index in [0.29, 0.717) is 0 Å². The highest BCUT2D eigenvalue weighted by Gasteiger charge is 2.04. The van der Waals surface area contributed by atoms with Crippen molar-refractivity contribution >= 4 is 11.3 Å². The molecule has 0 heterocycles. The molecule has 0 aromatic heterocycles. The lowest BCUT2D eigenvalue weighted by Gasteiger charge is -2.17. The van der Waals surface area contributed by atoms with E-state index in [1.807, 2.05) is 31.3 Å². The molecule has 2 nitrogen and oxygen atoms in total. The molecular weight excluding hydrogens is 160 g/mol. The Morgan fingerprint density at radius 3 is 2.62 bits per heavy atom. The Balaban J connectivity index is 3.12. The lowest BCUT2D eigenvalue weighted by Crippen LogP contribution is -2.25. The van der Waals surface area contributed by atoms with Crippen molar-refractivity contribution in [3.05, 3.63) is 36.4 Å². The molecule has 0 radical (unpaired) electrons. The van der Waals surface area contributed by atoms with Crippen molar-refractivity contribution in [2.75, 3.05) is 12.1 Å². The predicted octanol–water partition coefficient (Wildman–Crippen LogP) is 2.42. The Kier molecular flexibility index (Phi) is 3.09. The molecule has 0 spiro atoms. The Morgan fingerprint density at radius 2 is 2.08 bits per heavy atom. The van der Waals surface area contributed by atoms with Crippen molar-refractivity contribution in [3.63, 3.8) is 0 Å². The molecule has 0 unspecified atom stereocenters. The molecule has 2 heteroatoms. The Bertz CT molecular complexity index is 303. The first-order valence-electron chi connectivity index (χ1n) is 4.42. The first-order valence-corrected chi connectivity index (χ1v) is 4.42. The van der Waals surface area contributed by atoms with Gasteiger partial charge in [-0.05, 0) is 18.1 Å². The quantitative estimate of drug-likeness (QED) is 0.566. The van der Waals surface area contributed by atoms with Crippen molar-refractivity contribution in [1.82, 2.24) is 0 Å². The SMILES string of the molecule is C=C(CC)c1ccccc1N(C)N. The maximum absolute atomic E-state index is 5.70. The monoisotopic (exact) mass is 176 g/mol. The van der Waals surface area contributed by atoms with E-state index in [-0.39, 0.29) is 0 Å². The van der Waals surface area contributed by atoms with Crippen LogP contribution in [0.3, 0.4) is 0 Å². The normalized spacial score (nSPS) is 9.77. The van der Waals surface area contributed by atoms with Crippen LogP contribution in [0.4, 0.5) is 5.69 Å². The minimum Gasteiger partial charge on any atom is -0.314 e. The summed E-state index contributed by atoms with van der Waals surface area (Å²) in [4.78, 5) is 0. The summed E-state index contributed by atoms with van der Waals surface area (Å²) in [6, 6.07) is 8.02. The van der Waals surface area contributed by atoms with Gasteiger partial charge < -0.3 is 5.01 Å². The van der Waals surface area contributed by atoms with Gasteiger partial charge in [-0.3, -0.25) is 0 Å². The molecule has 1 aromatic rings. The van der Waals surface area contributed by atoms with E-state index in [0.717, 1.165) is 23.2 Å². The molecular formula is C11H16N2. The fourth-order valence-electron chi connectivity index (χ4n) is 1.27. The summed E-state index contributed by atoms with van der Waals surface area (Å²) in [5.74, 6) is 5.70. The highest BCUT2D eigenvalue weighted by Crippen LogP contribution is 2.25. The topological polar surface area (TPSA) is 29.3 Å². The molecule has 0 aliphatic rings. The van der Waals surface area contributed by atoms with Crippen molar-refractivity contribution in [2.45, 2.75) is 13.3 Å². The standard InChI is InChI=1S/C11H16N2/c1-4-9(2)10-7-5-6-8-11(10)13(3)12/h5-8H,2,4,12H2,1,3H3. The number of benzene rings is 1. The van der Waals surface area contributed by atoms with Gasteiger partial charge in [0, 0.05) is 12.6 Å². The third-order valence-electron chi connectivity index (χ3n) is 2.09. The van der Waals surface area contributed by atoms with Gasteiger partial charge in [0.05, 0.1) is 5.69 Å². The van der Waals surface area contributed by atoms with Crippen LogP contribution in [-0.4, -0.2) is 7.05 Å². The molecule has 0 amide bonds. The van der Waals surface area contributed by atoms with Crippen molar-refractivity contribution < 1.29 is 0 Å². The molecule has 0 aliphatic carbocycles. The van der Waals surface area contributed by atoms with Crippen LogP contribution in [0.2, 0.25) is 0 Å². The molecule has 0 bridgehead atoms. The van der Waals surface area contributed by atoms with Crippen molar-refractivity contribution in [3.8, 4) is 0 Å². The first kappa shape index (κ1) is 9.81. The Hall–Kier alpha value is -1.28. The lowest BCUT2D eigenvalue weighted by atomic mass is 10.0. The summed E-state index contributed by atoms with van der Waals surface area (Å²) >= 11 is 0. The number of hydrogen-bond acceptors (Lipinski definition) is 2. The third kappa shape index (κ3) is 2.10. The maximum Gasteiger partial charge on any atom is 0.0588 e. The van der Waals surface area contributed by atoms with Crippen LogP contribution in [0.1, 0.15) is 18.9 Å². The first-order chi connectivity index (χ1) is 6.16. The van der Waals surface area contributed by atoms with Gasteiger partial charge in [-0.15, -0.1) is 0 Å². The molecule has 1 aromatic carbocycles. The summed E-state index contributed by atoms with van der Waals surface area (Å²) in [5.41, 5.74) is 3.28. The number of rotatable bonds is 3. The molecule has 0 fully saturated rings. The summed E-state index contributed by atoms with van der Waals surface area (Å²) in [7, 11) is 1.84. The third-order valence-corrected chi connectivity index (χ3v) is 2.09. The van der Waals surface area contributed by atoms with E-state index in [4.69, 9.17) is 5.84 Å². The predicted molar refractivity (Wildman–Crippen MR) is 58.4 cm³/mol. The number of hydrazine groups is 1. The van der Waals surface area contributed by atoms with Gasteiger partial charge in [0.2, 0.25) is 0 Å². The smallest absolute Gasteiger partial charge is 0.0588 e. The average molecular weight is 176 g/mol. The van der Waals surface area contributed by atoms with Gasteiger partial charge in [0.25, 0.3) is 0 Å². The molecule has 0 aliphatic heterocycles. The number of allylic oxidation sites excluding steroid dienone is 1. The van der Waals surface area contributed by atoms with Gasteiger partial charge in [-0.25, -0.2) is 5.84 Å². The van der Waals surface area contributed by atoms with Crippen molar-refractivity contribution in [1.29, 1.82) is 0 Å². The van der Waals surface area contributed by atoms with Crippen LogP contribution in [0, 0.1) is 0 Å². The Morgan fingerprint density at radius 1 is 1.46 bits per heavy atom. The molecule has 2 N–H and O–H groups in total. The van der Waals surface area contributed by atoms with E-state index in [1.54, 1.807) is 5.01 Å². The van der Waals surface area contributed by atoms with E-state index in [1.165, 1.54) is 0 Å². The van der Waals surface area contributed by atoms with Gasteiger partial charge in [-0.2, -0.15) is 0 Å². The van der Waals surface area contributed by atoms with Crippen LogP contribution in [0.5, 0.6) is 0 Å². The second-order valence-corrected chi connectivity index (χ2v) is 3.09. The molecule has 1 rings (SSSR count). The highest BCUT2D eigenvalue weighted by molar-refractivity contribution is 5.75. The van der Waals surface area contributed by atoms with Gasteiger partial charge in [0.1, 0.15) is 0 Å². The number of para-hydroxylation sites is 1. The number of anilines is 1. The zero-order valence-electron chi connectivity index (χ0n) is 8.25. The molecule has 0 atom stereocenters. The molecule has 70 valence electrons. The summed E-state index contributed by atoms with van der Waals surface area (Å²) < 4.78 is 0. The zero-order chi connectivity index (χ0) is 9.84. The number of nitrogens with two attached hydrogens (primary N) is 1. The van der Waals surface area contributed by atoms with Crippen molar-refractivity contribution in [2.24, 2.45) is 5.84 Å². The molecule has 0 saturated carbocycles. The minimum absolute atomic E-state index is 0.949. The molecule has 0 saturated heterocycles. The van der Waals surface area contributed by atoms with Crippen LogP contribution < -0.4 is 10.9 Å². The zero-order valence-corrected chi connectivity index (χ0v) is 8.25.